The molecule has 1 aliphatic rings. The molecule has 0 bridgehead atoms. The highest BCUT2D eigenvalue weighted by atomic mass is 16.1. The van der Waals surface area contributed by atoms with Crippen molar-refractivity contribution in [2.75, 3.05) is 6.54 Å². The second-order valence-electron chi connectivity index (χ2n) is 9.81. The third-order valence-electron chi connectivity index (χ3n) is 6.64. The fourth-order valence-corrected chi connectivity index (χ4v) is 4.16. The van der Waals surface area contributed by atoms with Crippen LogP contribution in [0, 0.1) is 11.3 Å². The van der Waals surface area contributed by atoms with Gasteiger partial charge in [-0.05, 0) is 57.8 Å². The van der Waals surface area contributed by atoms with Gasteiger partial charge in [-0.3, -0.25) is 4.79 Å². The molecule has 0 radical (unpaired) electrons. The van der Waals surface area contributed by atoms with Crippen LogP contribution in [0.3, 0.4) is 0 Å². The summed E-state index contributed by atoms with van der Waals surface area (Å²) in [5, 5.41) is 5.17. The molecular weight excluding hydrogens is 353 g/mol. The van der Waals surface area contributed by atoms with Crippen LogP contribution in [0.15, 0.2) is 0 Å². The maximum absolute atomic E-state index is 13.3. The Hall–Kier alpha value is -1.05. The number of hydrogen-bond donors (Lipinski definition) is 2. The third-order valence-corrected chi connectivity index (χ3v) is 6.64. The number of carbonyl (C=O) groups excluding carboxylic acids is 3. The van der Waals surface area contributed by atoms with Gasteiger partial charge in [0.25, 0.3) is 7.41 Å². The number of nitrogens with zero attached hydrogens (tertiary/aromatic N) is 1. The van der Waals surface area contributed by atoms with Crippen LogP contribution >= 0.6 is 0 Å². The van der Waals surface area contributed by atoms with E-state index in [4.69, 9.17) is 0 Å². The monoisotopic (exact) mass is 393 g/mol. The topological polar surface area (TPSA) is 78.5 Å². The number of aldehydes is 1. The number of hydrazine groups is 1. The molecule has 1 heterocycles. The number of Topliss-reactive ketones (excluding diaryl/α,β-unsaturated/α-hetero) is 1. The van der Waals surface area contributed by atoms with Gasteiger partial charge in [-0.1, -0.05) is 34.6 Å². The van der Waals surface area contributed by atoms with E-state index < -0.39 is 11.1 Å². The average Bonchev–Trinajstić information content (AvgIpc) is 2.61. The summed E-state index contributed by atoms with van der Waals surface area (Å²) in [7, 11) is 0.120. The predicted molar refractivity (Wildman–Crippen MR) is 115 cm³/mol. The van der Waals surface area contributed by atoms with Gasteiger partial charge >= 0.3 is 0 Å². The quantitative estimate of drug-likeness (QED) is 0.462. The van der Waals surface area contributed by atoms with Gasteiger partial charge in [0, 0.05) is 6.54 Å². The Bertz CT molecular complexity index is 583. The number of nitrogens with one attached hydrogen (secondary N) is 2. The van der Waals surface area contributed by atoms with Crippen molar-refractivity contribution >= 4 is 25.2 Å². The van der Waals surface area contributed by atoms with E-state index >= 15 is 0 Å². The molecule has 0 aromatic heterocycles. The van der Waals surface area contributed by atoms with E-state index in [0.717, 1.165) is 19.1 Å². The van der Waals surface area contributed by atoms with Crippen molar-refractivity contribution in [2.45, 2.75) is 98.2 Å². The molecule has 1 rings (SSSR count). The van der Waals surface area contributed by atoms with Crippen LogP contribution in [0.1, 0.15) is 81.1 Å². The minimum Gasteiger partial charge on any atom is -0.341 e. The highest BCUT2D eigenvalue weighted by Gasteiger charge is 2.43. The lowest BCUT2D eigenvalue weighted by atomic mass is 9.69. The van der Waals surface area contributed by atoms with Gasteiger partial charge in [0.05, 0.1) is 17.1 Å². The minimum absolute atomic E-state index is 0.0156. The highest BCUT2D eigenvalue weighted by molar-refractivity contribution is 6.74. The molecule has 2 N–H and O–H groups in total. The first kappa shape index (κ1) is 25.0. The largest absolute Gasteiger partial charge is 0.341 e. The van der Waals surface area contributed by atoms with Crippen LogP contribution in [0.5, 0.6) is 0 Å². The average molecular weight is 393 g/mol. The molecule has 1 fully saturated rings. The number of hydrogen-bond acceptors (Lipinski definition) is 6. The molecule has 4 unspecified atom stereocenters. The Morgan fingerprint density at radius 3 is 2.36 bits per heavy atom. The summed E-state index contributed by atoms with van der Waals surface area (Å²) in [6, 6.07) is -0.295. The van der Waals surface area contributed by atoms with Gasteiger partial charge in [-0.25, -0.2) is 10.4 Å². The predicted octanol–water partition coefficient (Wildman–Crippen LogP) is 2.21. The normalized spacial score (nSPS) is 27.6. The summed E-state index contributed by atoms with van der Waals surface area (Å²) in [5.41, 5.74) is 1.92. The van der Waals surface area contributed by atoms with Crippen LogP contribution < -0.4 is 10.7 Å². The molecule has 6 nitrogen and oxygen atoms in total. The molecule has 0 spiro atoms. The summed E-state index contributed by atoms with van der Waals surface area (Å²) in [6.07, 6.45) is 3.94. The van der Waals surface area contributed by atoms with E-state index in [0.29, 0.717) is 25.3 Å². The van der Waals surface area contributed by atoms with Crippen LogP contribution in [-0.4, -0.2) is 53.8 Å². The number of ketones is 1. The Kier molecular flexibility index (Phi) is 8.60. The summed E-state index contributed by atoms with van der Waals surface area (Å²) in [4.78, 5) is 36.9. The van der Waals surface area contributed by atoms with E-state index in [-0.39, 0.29) is 30.3 Å². The highest BCUT2D eigenvalue weighted by Crippen LogP contribution is 2.33. The molecule has 0 aliphatic carbocycles. The number of carbonyl (C=O) groups is 3. The Morgan fingerprint density at radius 2 is 1.89 bits per heavy atom. The second kappa shape index (κ2) is 9.64. The van der Waals surface area contributed by atoms with Crippen molar-refractivity contribution in [1.29, 1.82) is 0 Å². The summed E-state index contributed by atoms with van der Waals surface area (Å²) < 4.78 is 0. The SMILES string of the molecule is CCC(C)(NBC(=O)C(C)(CC)N1CC(C)(C)CC(C)CC(C=O)N1)C(C)=O. The Labute approximate surface area is 171 Å². The molecule has 1 saturated heterocycles. The summed E-state index contributed by atoms with van der Waals surface area (Å²) >= 11 is 0. The van der Waals surface area contributed by atoms with Gasteiger partial charge in [0.1, 0.15) is 17.8 Å². The van der Waals surface area contributed by atoms with Crippen LogP contribution in [0.25, 0.3) is 0 Å². The van der Waals surface area contributed by atoms with Crippen molar-refractivity contribution in [3.8, 4) is 0 Å². The van der Waals surface area contributed by atoms with Crippen LogP contribution in [0.4, 0.5) is 0 Å². The summed E-state index contributed by atoms with van der Waals surface area (Å²) in [6.45, 7) is 16.5. The van der Waals surface area contributed by atoms with Crippen molar-refractivity contribution in [3.05, 3.63) is 0 Å². The molecule has 28 heavy (non-hydrogen) atoms. The maximum atomic E-state index is 13.3. The van der Waals surface area contributed by atoms with Crippen LogP contribution in [0.2, 0.25) is 0 Å². The lowest BCUT2D eigenvalue weighted by Gasteiger charge is -2.47. The first-order chi connectivity index (χ1) is 12.8. The second-order valence-corrected chi connectivity index (χ2v) is 9.81. The van der Waals surface area contributed by atoms with Gasteiger partial charge in [0.15, 0.2) is 0 Å². The smallest absolute Gasteiger partial charge is 0.286 e. The Balaban J connectivity index is 3.08. The zero-order valence-corrected chi connectivity index (χ0v) is 19.1. The molecule has 160 valence electrons. The van der Waals surface area contributed by atoms with E-state index in [1.54, 1.807) is 6.92 Å². The summed E-state index contributed by atoms with van der Waals surface area (Å²) in [5.74, 6) is 0.465. The molecule has 0 amide bonds. The molecular formula is C21H40BN3O3. The molecule has 0 aromatic carbocycles. The van der Waals surface area contributed by atoms with Crippen molar-refractivity contribution in [2.24, 2.45) is 11.3 Å². The molecule has 7 heteroatoms. The van der Waals surface area contributed by atoms with Crippen molar-refractivity contribution in [3.63, 3.8) is 0 Å². The standard InChI is InChI=1S/C21H40BN3O3/c1-9-20(7,16(4)27)24-22-18(28)21(8,10-2)25-14-19(5,6)12-15(3)11-17(13-26)23-25/h13,15,17,22-24H,9-12,14H2,1-8H3. The van der Waals surface area contributed by atoms with Gasteiger partial charge < -0.3 is 14.8 Å². The van der Waals surface area contributed by atoms with Crippen molar-refractivity contribution < 1.29 is 14.4 Å². The first-order valence-electron chi connectivity index (χ1n) is 10.6. The van der Waals surface area contributed by atoms with Gasteiger partial charge in [0.2, 0.25) is 0 Å². The Morgan fingerprint density at radius 1 is 1.29 bits per heavy atom. The molecule has 0 aromatic rings. The fourth-order valence-electron chi connectivity index (χ4n) is 4.16. The van der Waals surface area contributed by atoms with Gasteiger partial charge in [-0.2, -0.15) is 0 Å². The minimum atomic E-state index is -0.766. The van der Waals surface area contributed by atoms with Gasteiger partial charge in [-0.15, -0.1) is 0 Å². The van der Waals surface area contributed by atoms with E-state index in [1.807, 2.05) is 32.7 Å². The zero-order chi connectivity index (χ0) is 21.8. The van der Waals surface area contributed by atoms with E-state index in [1.165, 1.54) is 0 Å². The third kappa shape index (κ3) is 5.98. The molecule has 1 aliphatic heterocycles. The zero-order valence-electron chi connectivity index (χ0n) is 19.1. The molecule has 0 saturated carbocycles. The number of rotatable bonds is 9. The lowest BCUT2D eigenvalue weighted by Crippen LogP contribution is -2.66. The fraction of sp³-hybridized carbons (Fsp3) is 0.857. The van der Waals surface area contributed by atoms with Crippen molar-refractivity contribution in [1.82, 2.24) is 15.7 Å². The van der Waals surface area contributed by atoms with Crippen LogP contribution in [-0.2, 0) is 14.4 Å². The van der Waals surface area contributed by atoms with E-state index in [9.17, 15) is 14.4 Å². The first-order valence-corrected chi connectivity index (χ1v) is 10.6. The molecule has 4 atom stereocenters. The van der Waals surface area contributed by atoms with E-state index in [2.05, 4.69) is 31.4 Å². The lowest BCUT2D eigenvalue weighted by molar-refractivity contribution is -0.131. The maximum Gasteiger partial charge on any atom is 0.286 e.